The van der Waals surface area contributed by atoms with Crippen molar-refractivity contribution in [3.05, 3.63) is 109 Å². The molecule has 0 radical (unpaired) electrons. The van der Waals surface area contributed by atoms with Crippen LogP contribution in [0.1, 0.15) is 0 Å². The van der Waals surface area contributed by atoms with Crippen molar-refractivity contribution in [2.45, 2.75) is 0 Å². The van der Waals surface area contributed by atoms with E-state index in [0.717, 1.165) is 0 Å². The number of para-hydroxylation sites is 3. The van der Waals surface area contributed by atoms with Gasteiger partial charge in [-0.2, -0.15) is 0 Å². The Labute approximate surface area is 214 Å². The number of nitrogens with zero attached hydrogens (tertiary/aromatic N) is 2. The zero-order chi connectivity index (χ0) is 23.8. The summed E-state index contributed by atoms with van der Waals surface area (Å²) < 4.78 is 4.92. The fraction of sp³-hybridized carbons (Fsp3) is 0. The van der Waals surface area contributed by atoms with Crippen molar-refractivity contribution in [3.63, 3.8) is 0 Å². The van der Waals surface area contributed by atoms with E-state index in [1.54, 1.807) is 0 Å². The Hall–Kier alpha value is -4.60. The van der Waals surface area contributed by atoms with Crippen LogP contribution in [0.3, 0.4) is 0 Å². The van der Waals surface area contributed by atoms with Gasteiger partial charge >= 0.3 is 0 Å². The zero-order valence-corrected chi connectivity index (χ0v) is 20.5. The molecule has 0 aliphatic heterocycles. The van der Waals surface area contributed by atoms with Crippen LogP contribution in [0.25, 0.3) is 86.6 Å². The minimum absolute atomic E-state index is 1.27. The average Bonchev–Trinajstić information content (AvgIpc) is 3.74. The van der Waals surface area contributed by atoms with E-state index < -0.39 is 0 Å². The second kappa shape index (κ2) is 6.20. The predicted molar refractivity (Wildman–Crippen MR) is 159 cm³/mol. The first kappa shape index (κ1) is 18.6. The number of aromatic nitrogens is 2. The van der Waals surface area contributed by atoms with E-state index >= 15 is 0 Å². The monoisotopic (exact) mass is 486 g/mol. The lowest BCUT2D eigenvalue weighted by Gasteiger charge is -2.05. The van der Waals surface area contributed by atoms with Crippen molar-refractivity contribution in [1.29, 1.82) is 0 Å². The van der Waals surface area contributed by atoms with Crippen LogP contribution in [0.4, 0.5) is 0 Å². The molecule has 170 valence electrons. The molecule has 0 spiro atoms. The summed E-state index contributed by atoms with van der Waals surface area (Å²) in [7, 11) is 0. The molecule has 37 heavy (non-hydrogen) atoms. The van der Waals surface area contributed by atoms with Crippen LogP contribution in [-0.4, -0.2) is 8.80 Å². The highest BCUT2D eigenvalue weighted by atomic mass is 32.1. The summed E-state index contributed by atoms with van der Waals surface area (Å²) in [4.78, 5) is 1.34. The summed E-state index contributed by atoms with van der Waals surface area (Å²) in [5, 5.41) is 12.9. The van der Waals surface area contributed by atoms with Gasteiger partial charge in [0.05, 0.1) is 27.6 Å². The van der Waals surface area contributed by atoms with Gasteiger partial charge in [0, 0.05) is 43.1 Å². The number of fused-ring (bicyclic) bond motifs is 12. The first-order chi connectivity index (χ1) is 18.4. The second-order valence-electron chi connectivity index (χ2n) is 10.2. The molecular weight excluding hydrogens is 468 g/mol. The molecule has 5 heterocycles. The normalized spacial score (nSPS) is 12.9. The lowest BCUT2D eigenvalue weighted by Crippen LogP contribution is -1.82. The van der Waals surface area contributed by atoms with E-state index in [0.29, 0.717) is 0 Å². The maximum absolute atomic E-state index is 2.47. The van der Waals surface area contributed by atoms with Crippen molar-refractivity contribution in [1.82, 2.24) is 8.80 Å². The molecule has 0 bridgehead atoms. The van der Waals surface area contributed by atoms with Crippen molar-refractivity contribution in [2.75, 3.05) is 0 Å². The minimum atomic E-state index is 1.27. The van der Waals surface area contributed by atoms with E-state index in [1.165, 1.54) is 86.6 Å². The summed E-state index contributed by atoms with van der Waals surface area (Å²) in [5.74, 6) is 0. The van der Waals surface area contributed by atoms with Crippen LogP contribution in [0, 0.1) is 0 Å². The molecule has 10 rings (SSSR count). The smallest absolute Gasteiger partial charge is 0.108 e. The van der Waals surface area contributed by atoms with Crippen LogP contribution in [0.15, 0.2) is 109 Å². The summed E-state index contributed by atoms with van der Waals surface area (Å²) in [6, 6.07) is 38.5. The zero-order valence-electron chi connectivity index (χ0n) is 19.7. The first-order valence-corrected chi connectivity index (χ1v) is 13.6. The summed E-state index contributed by atoms with van der Waals surface area (Å²) in [6.07, 6.45) is 0. The molecule has 3 heteroatoms. The van der Waals surface area contributed by atoms with Gasteiger partial charge in [-0.1, -0.05) is 60.7 Å². The van der Waals surface area contributed by atoms with Crippen LogP contribution >= 0.6 is 11.3 Å². The Morgan fingerprint density at radius 3 is 1.76 bits per heavy atom. The van der Waals surface area contributed by atoms with Crippen molar-refractivity contribution in [2.24, 2.45) is 0 Å². The van der Waals surface area contributed by atoms with Crippen LogP contribution in [0.5, 0.6) is 0 Å². The summed E-state index contributed by atoms with van der Waals surface area (Å²) >= 11 is 1.83. The minimum Gasteiger partial charge on any atom is -0.308 e. The standard InChI is InChI=1S/C34H18N2S/c1-3-10-29-21(6-1)27-17-20(18-28-22-7-2-4-11-30(22)35(29)33(27)28)19-12-13-31-26(16-19)24-9-5-8-23-25-14-15-37-34(25)36(31)32(23)24/h1-18H. The quantitative estimate of drug-likeness (QED) is 0.218. The van der Waals surface area contributed by atoms with Gasteiger partial charge in [0.2, 0.25) is 0 Å². The summed E-state index contributed by atoms with van der Waals surface area (Å²) in [5.41, 5.74) is 9.07. The van der Waals surface area contributed by atoms with Crippen LogP contribution < -0.4 is 0 Å². The highest BCUT2D eigenvalue weighted by Gasteiger charge is 2.20. The van der Waals surface area contributed by atoms with E-state index in [2.05, 4.69) is 117 Å². The Balaban J connectivity index is 1.35. The molecule has 0 unspecified atom stereocenters. The third-order valence-electron chi connectivity index (χ3n) is 8.46. The highest BCUT2D eigenvalue weighted by molar-refractivity contribution is 7.17. The van der Waals surface area contributed by atoms with Gasteiger partial charge in [0.25, 0.3) is 0 Å². The van der Waals surface area contributed by atoms with Gasteiger partial charge in [0.1, 0.15) is 4.83 Å². The highest BCUT2D eigenvalue weighted by Crippen LogP contribution is 2.44. The molecule has 0 saturated heterocycles. The van der Waals surface area contributed by atoms with Gasteiger partial charge in [-0.3, -0.25) is 4.40 Å². The topological polar surface area (TPSA) is 8.82 Å². The lowest BCUT2D eigenvalue weighted by atomic mass is 9.98. The van der Waals surface area contributed by atoms with Crippen molar-refractivity contribution < 1.29 is 0 Å². The molecule has 0 atom stereocenters. The predicted octanol–water partition coefficient (Wildman–Crippen LogP) is 9.72. The molecule has 2 nitrogen and oxygen atoms in total. The molecule has 5 aromatic carbocycles. The maximum Gasteiger partial charge on any atom is 0.108 e. The fourth-order valence-electron chi connectivity index (χ4n) is 6.97. The molecule has 0 aliphatic carbocycles. The second-order valence-corrected chi connectivity index (χ2v) is 11.1. The van der Waals surface area contributed by atoms with E-state index in [9.17, 15) is 0 Å². The number of rotatable bonds is 1. The van der Waals surface area contributed by atoms with Gasteiger partial charge in [-0.15, -0.1) is 11.3 Å². The largest absolute Gasteiger partial charge is 0.308 e. The number of hydrogen-bond acceptors (Lipinski definition) is 1. The van der Waals surface area contributed by atoms with Gasteiger partial charge < -0.3 is 4.40 Å². The van der Waals surface area contributed by atoms with E-state index in [4.69, 9.17) is 0 Å². The molecule has 0 fully saturated rings. The van der Waals surface area contributed by atoms with Gasteiger partial charge in [0.15, 0.2) is 0 Å². The van der Waals surface area contributed by atoms with Gasteiger partial charge in [-0.25, -0.2) is 0 Å². The molecule has 0 saturated carbocycles. The molecule has 0 aliphatic rings. The summed E-state index contributed by atoms with van der Waals surface area (Å²) in [6.45, 7) is 0. The maximum atomic E-state index is 2.47. The van der Waals surface area contributed by atoms with Crippen LogP contribution in [0.2, 0.25) is 0 Å². The lowest BCUT2D eigenvalue weighted by molar-refractivity contribution is 1.37. The molecule has 10 aromatic rings. The third-order valence-corrected chi connectivity index (χ3v) is 9.36. The molecule has 0 N–H and O–H groups in total. The molecule has 0 amide bonds. The van der Waals surface area contributed by atoms with Crippen LogP contribution in [-0.2, 0) is 0 Å². The Kier molecular flexibility index (Phi) is 3.12. The number of hydrogen-bond donors (Lipinski definition) is 0. The molecule has 5 aromatic heterocycles. The number of thiophene rings is 1. The Morgan fingerprint density at radius 2 is 1.00 bits per heavy atom. The fourth-order valence-corrected chi connectivity index (χ4v) is 7.91. The van der Waals surface area contributed by atoms with Crippen molar-refractivity contribution >= 4 is 86.8 Å². The number of benzene rings is 5. The van der Waals surface area contributed by atoms with E-state index in [-0.39, 0.29) is 0 Å². The Morgan fingerprint density at radius 1 is 0.405 bits per heavy atom. The van der Waals surface area contributed by atoms with Crippen molar-refractivity contribution in [3.8, 4) is 11.1 Å². The van der Waals surface area contributed by atoms with E-state index in [1.807, 2.05) is 11.3 Å². The average molecular weight is 487 g/mol. The SMILES string of the molecule is c1ccc2c(c1)c1cc(-c3ccc4c(c3)c3cccc5c6ccsc6n4c35)cc3c4ccccc4n2c13. The third kappa shape index (κ3) is 2.07. The molecular formula is C34H18N2S. The first-order valence-electron chi connectivity index (χ1n) is 12.7. The van der Waals surface area contributed by atoms with Gasteiger partial charge in [-0.05, 0) is 59.0 Å². The Bertz CT molecular complexity index is 2440.